The number of ether oxygens (including phenoxy) is 2. The van der Waals surface area contributed by atoms with E-state index >= 15 is 0 Å². The van der Waals surface area contributed by atoms with Gasteiger partial charge in [0.05, 0.1) is 24.0 Å². The Labute approximate surface area is 184 Å². The molecular formula is C24H20O4S2. The summed E-state index contributed by atoms with van der Waals surface area (Å²) in [4.78, 5) is 25.9. The van der Waals surface area contributed by atoms with Gasteiger partial charge in [-0.1, -0.05) is 59.9 Å². The van der Waals surface area contributed by atoms with E-state index in [2.05, 4.69) is 0 Å². The van der Waals surface area contributed by atoms with Crippen LogP contribution in [0, 0.1) is 0 Å². The van der Waals surface area contributed by atoms with Crippen LogP contribution in [0.5, 0.6) is 11.5 Å². The molecule has 1 aliphatic rings. The van der Waals surface area contributed by atoms with E-state index in [4.69, 9.17) is 9.47 Å². The molecular weight excluding hydrogens is 416 g/mol. The highest BCUT2D eigenvalue weighted by molar-refractivity contribution is 8.27. The predicted octanol–water partition coefficient (Wildman–Crippen LogP) is 5.73. The third-order valence-corrected chi connectivity index (χ3v) is 6.34. The van der Waals surface area contributed by atoms with Gasteiger partial charge in [-0.15, -0.1) is 0 Å². The third-order valence-electron chi connectivity index (χ3n) is 4.21. The lowest BCUT2D eigenvalue weighted by Crippen LogP contribution is -2.10. The van der Waals surface area contributed by atoms with Gasteiger partial charge in [-0.3, -0.25) is 9.59 Å². The van der Waals surface area contributed by atoms with Crippen LogP contribution in [0.15, 0.2) is 81.3 Å². The molecule has 1 heterocycles. The van der Waals surface area contributed by atoms with Crippen molar-refractivity contribution < 1.29 is 19.1 Å². The summed E-state index contributed by atoms with van der Waals surface area (Å²) in [5, 5.41) is 3.71. The number of benzene rings is 2. The largest absolute Gasteiger partial charge is 0.496 e. The van der Waals surface area contributed by atoms with Crippen molar-refractivity contribution in [2.45, 2.75) is 0 Å². The zero-order valence-electron chi connectivity index (χ0n) is 16.5. The Hall–Kier alpha value is -2.96. The summed E-state index contributed by atoms with van der Waals surface area (Å²) >= 11 is 2.74. The highest BCUT2D eigenvalue weighted by Crippen LogP contribution is 2.40. The summed E-state index contributed by atoms with van der Waals surface area (Å²) in [6.45, 7) is 0. The molecule has 152 valence electrons. The summed E-state index contributed by atoms with van der Waals surface area (Å²) in [5.41, 5.74) is 1.67. The molecule has 0 radical (unpaired) electrons. The van der Waals surface area contributed by atoms with Crippen molar-refractivity contribution in [3.05, 3.63) is 92.4 Å². The monoisotopic (exact) mass is 436 g/mol. The summed E-state index contributed by atoms with van der Waals surface area (Å²) < 4.78 is 11.3. The number of hydrogen-bond donors (Lipinski definition) is 0. The molecule has 0 saturated carbocycles. The maximum absolute atomic E-state index is 13.0. The lowest BCUT2D eigenvalue weighted by molar-refractivity contribution is -0.116. The van der Waals surface area contributed by atoms with Crippen LogP contribution in [0.25, 0.3) is 12.2 Å². The molecule has 0 atom stereocenters. The van der Waals surface area contributed by atoms with Gasteiger partial charge in [-0.25, -0.2) is 0 Å². The van der Waals surface area contributed by atoms with Crippen LogP contribution in [-0.2, 0) is 9.59 Å². The van der Waals surface area contributed by atoms with Gasteiger partial charge in [0.25, 0.3) is 0 Å². The van der Waals surface area contributed by atoms with Crippen molar-refractivity contribution in [2.75, 3.05) is 14.2 Å². The van der Waals surface area contributed by atoms with E-state index in [-0.39, 0.29) is 17.1 Å². The number of ketones is 2. The zero-order chi connectivity index (χ0) is 21.3. The quantitative estimate of drug-likeness (QED) is 0.299. The molecule has 30 heavy (non-hydrogen) atoms. The van der Waals surface area contributed by atoms with Gasteiger partial charge < -0.3 is 9.47 Å². The summed E-state index contributed by atoms with van der Waals surface area (Å²) in [5.74, 6) is 0.609. The molecule has 0 spiro atoms. The van der Waals surface area contributed by atoms with Crippen molar-refractivity contribution >= 4 is 47.2 Å². The fourth-order valence-corrected chi connectivity index (χ4v) is 4.64. The molecule has 0 fully saturated rings. The first-order valence-electron chi connectivity index (χ1n) is 9.07. The second-order valence-electron chi connectivity index (χ2n) is 6.05. The van der Waals surface area contributed by atoms with Crippen molar-refractivity contribution in [3.8, 4) is 11.5 Å². The molecule has 0 unspecified atom stereocenters. The normalized spacial score (nSPS) is 13.2. The molecule has 0 aromatic heterocycles. The lowest BCUT2D eigenvalue weighted by Gasteiger charge is -2.06. The molecule has 6 heteroatoms. The van der Waals surface area contributed by atoms with Gasteiger partial charge in [-0.05, 0) is 47.3 Å². The van der Waals surface area contributed by atoms with E-state index in [1.807, 2.05) is 59.3 Å². The zero-order valence-corrected chi connectivity index (χ0v) is 18.2. The number of para-hydroxylation sites is 2. The molecule has 3 rings (SSSR count). The Morgan fingerprint density at radius 1 is 0.733 bits per heavy atom. The van der Waals surface area contributed by atoms with Crippen LogP contribution < -0.4 is 9.47 Å². The van der Waals surface area contributed by atoms with E-state index in [9.17, 15) is 9.59 Å². The molecule has 0 bridgehead atoms. The Balaban J connectivity index is 1.87. The summed E-state index contributed by atoms with van der Waals surface area (Å²) in [6, 6.07) is 14.8. The first kappa shape index (κ1) is 21.7. The highest BCUT2D eigenvalue weighted by Gasteiger charge is 2.21. The van der Waals surface area contributed by atoms with Crippen molar-refractivity contribution in [1.29, 1.82) is 0 Å². The number of thioether (sulfide) groups is 2. The van der Waals surface area contributed by atoms with Gasteiger partial charge in [0.2, 0.25) is 0 Å². The molecule has 2 aromatic carbocycles. The molecule has 0 N–H and O–H groups in total. The summed E-state index contributed by atoms with van der Waals surface area (Å²) in [6.07, 6.45) is 6.15. The van der Waals surface area contributed by atoms with Crippen LogP contribution in [0.3, 0.4) is 0 Å². The average Bonchev–Trinajstić information content (AvgIpc) is 3.31. The van der Waals surface area contributed by atoms with Crippen molar-refractivity contribution in [1.82, 2.24) is 0 Å². The molecule has 0 aliphatic carbocycles. The minimum absolute atomic E-state index is 0.146. The first-order valence-corrected chi connectivity index (χ1v) is 10.8. The lowest BCUT2D eigenvalue weighted by atomic mass is 10.0. The Morgan fingerprint density at radius 2 is 1.17 bits per heavy atom. The van der Waals surface area contributed by atoms with Gasteiger partial charge in [0, 0.05) is 11.1 Å². The molecule has 0 amide bonds. The summed E-state index contributed by atoms with van der Waals surface area (Å²) in [7, 11) is 3.15. The van der Waals surface area contributed by atoms with Crippen LogP contribution in [-0.4, -0.2) is 25.8 Å². The van der Waals surface area contributed by atoms with Gasteiger partial charge in [0.1, 0.15) is 11.5 Å². The van der Waals surface area contributed by atoms with Crippen LogP contribution in [0.2, 0.25) is 0 Å². The maximum Gasteiger partial charge on any atom is 0.191 e. The SMILES string of the molecule is COc1ccccc1/C=C/C(=O)C(C(=O)/C=C/c1ccccc1OC)=C1SC=CS1. The molecule has 0 saturated heterocycles. The molecule has 4 nitrogen and oxygen atoms in total. The number of hydrogen-bond acceptors (Lipinski definition) is 6. The molecule has 2 aromatic rings. The van der Waals surface area contributed by atoms with Crippen LogP contribution in [0.1, 0.15) is 11.1 Å². The minimum Gasteiger partial charge on any atom is -0.496 e. The predicted molar refractivity (Wildman–Crippen MR) is 125 cm³/mol. The smallest absolute Gasteiger partial charge is 0.191 e. The third kappa shape index (κ3) is 5.34. The molecule has 1 aliphatic heterocycles. The second-order valence-corrected chi connectivity index (χ2v) is 8.14. The number of carbonyl (C=O) groups excluding carboxylic acids is 2. The fourth-order valence-electron chi connectivity index (χ4n) is 2.75. The second kappa shape index (κ2) is 10.7. The van der Waals surface area contributed by atoms with E-state index < -0.39 is 0 Å². The number of rotatable bonds is 8. The maximum atomic E-state index is 13.0. The Kier molecular flexibility index (Phi) is 7.76. The number of carbonyl (C=O) groups is 2. The van der Waals surface area contributed by atoms with Crippen LogP contribution >= 0.6 is 23.5 Å². The fraction of sp³-hybridized carbons (Fsp3) is 0.0833. The van der Waals surface area contributed by atoms with Gasteiger partial charge in [-0.2, -0.15) is 0 Å². The van der Waals surface area contributed by atoms with E-state index in [0.717, 1.165) is 11.1 Å². The first-order chi connectivity index (χ1) is 14.6. The number of allylic oxidation sites excluding steroid dienone is 3. The standard InChI is InChI=1S/C24H20O4S2/c1-27-21-9-5-3-7-17(21)11-13-19(25)23(24-29-15-16-30-24)20(26)14-12-18-8-4-6-10-22(18)28-2/h3-16H,1-2H3/b13-11+,14-12+. The average molecular weight is 437 g/mol. The Bertz CT molecular complexity index is 983. The highest BCUT2D eigenvalue weighted by atomic mass is 32.2. The van der Waals surface area contributed by atoms with Gasteiger partial charge >= 0.3 is 0 Å². The van der Waals surface area contributed by atoms with E-state index in [1.165, 1.54) is 35.7 Å². The van der Waals surface area contributed by atoms with Crippen LogP contribution in [0.4, 0.5) is 0 Å². The van der Waals surface area contributed by atoms with E-state index in [0.29, 0.717) is 15.7 Å². The van der Waals surface area contributed by atoms with Gasteiger partial charge in [0.15, 0.2) is 11.6 Å². The minimum atomic E-state index is -0.353. The van der Waals surface area contributed by atoms with Crippen molar-refractivity contribution in [3.63, 3.8) is 0 Å². The van der Waals surface area contributed by atoms with E-state index in [1.54, 1.807) is 26.4 Å². The topological polar surface area (TPSA) is 52.6 Å². The Morgan fingerprint density at radius 3 is 1.60 bits per heavy atom. The van der Waals surface area contributed by atoms with Crippen molar-refractivity contribution in [2.24, 2.45) is 0 Å². The number of methoxy groups -OCH3 is 2.